The summed E-state index contributed by atoms with van der Waals surface area (Å²) in [6.45, 7) is 0.821. The van der Waals surface area contributed by atoms with E-state index in [1.165, 1.54) is 0 Å². The number of alkyl halides is 2. The number of nitrogens with zero attached hydrogens (tertiary/aromatic N) is 2. The van der Waals surface area contributed by atoms with Crippen molar-refractivity contribution in [1.29, 1.82) is 0 Å². The lowest BCUT2D eigenvalue weighted by atomic mass is 10.1. The van der Waals surface area contributed by atoms with E-state index in [9.17, 15) is 8.78 Å². The van der Waals surface area contributed by atoms with Gasteiger partial charge in [0.05, 0.1) is 11.7 Å². The first-order valence-corrected chi connectivity index (χ1v) is 5.62. The maximum Gasteiger partial charge on any atom is 0.286 e. The lowest BCUT2D eigenvalue weighted by Gasteiger charge is -2.05. The van der Waals surface area contributed by atoms with E-state index in [4.69, 9.17) is 5.73 Å². The fourth-order valence-corrected chi connectivity index (χ4v) is 1.87. The zero-order chi connectivity index (χ0) is 13.6. The molecular formula is C12H11F2N5. The summed E-state index contributed by atoms with van der Waals surface area (Å²) in [5, 5.41) is 7.38. The summed E-state index contributed by atoms with van der Waals surface area (Å²) < 4.78 is 26.3. The van der Waals surface area contributed by atoms with Crippen molar-refractivity contribution >= 4 is 16.7 Å². The zero-order valence-corrected chi connectivity index (χ0v) is 10.0. The molecule has 0 amide bonds. The van der Waals surface area contributed by atoms with E-state index in [0.717, 1.165) is 24.0 Å². The number of halogens is 2. The number of hydrogen-bond donors (Lipinski definition) is 3. The molecule has 3 rings (SSSR count). The molecular weight excluding hydrogens is 252 g/mol. The molecule has 0 radical (unpaired) electrons. The predicted octanol–water partition coefficient (Wildman–Crippen LogP) is 2.65. The standard InChI is InChI=1S/C12H11F2N5/c1-12(13,14)9-5-16-11(17-9)6-2-3-8-7(4-6)10(15)19-18-8/h2-5H,1H3,(H,16,17)(H3,15,18,19). The van der Waals surface area contributed by atoms with Gasteiger partial charge in [-0.05, 0) is 18.2 Å². The lowest BCUT2D eigenvalue weighted by Crippen LogP contribution is -2.06. The molecule has 2 aromatic heterocycles. The summed E-state index contributed by atoms with van der Waals surface area (Å²) in [6, 6.07) is 5.29. The third-order valence-electron chi connectivity index (χ3n) is 2.91. The molecule has 0 atom stereocenters. The average Bonchev–Trinajstić information content (AvgIpc) is 2.96. The van der Waals surface area contributed by atoms with Gasteiger partial charge in [-0.3, -0.25) is 5.10 Å². The first kappa shape index (κ1) is 11.6. The van der Waals surface area contributed by atoms with Gasteiger partial charge in [-0.2, -0.15) is 13.9 Å². The van der Waals surface area contributed by atoms with Crippen molar-refractivity contribution in [3.63, 3.8) is 0 Å². The quantitative estimate of drug-likeness (QED) is 0.664. The van der Waals surface area contributed by atoms with Gasteiger partial charge in [-0.1, -0.05) is 0 Å². The van der Waals surface area contributed by atoms with Gasteiger partial charge in [0.1, 0.15) is 11.5 Å². The monoisotopic (exact) mass is 263 g/mol. The fraction of sp³-hybridized carbons (Fsp3) is 0.167. The number of nitrogen functional groups attached to an aromatic ring is 1. The number of hydrogen-bond acceptors (Lipinski definition) is 3. The number of imidazole rings is 1. The highest BCUT2D eigenvalue weighted by Gasteiger charge is 2.26. The molecule has 19 heavy (non-hydrogen) atoms. The van der Waals surface area contributed by atoms with Crippen molar-refractivity contribution in [3.05, 3.63) is 30.1 Å². The Bertz CT molecular complexity index is 738. The van der Waals surface area contributed by atoms with Crippen LogP contribution in [0.5, 0.6) is 0 Å². The molecule has 0 fully saturated rings. The van der Waals surface area contributed by atoms with Crippen molar-refractivity contribution in [2.45, 2.75) is 12.8 Å². The summed E-state index contributed by atoms with van der Waals surface area (Å²) in [6.07, 6.45) is 1.14. The minimum atomic E-state index is -2.94. The highest BCUT2D eigenvalue weighted by atomic mass is 19.3. The van der Waals surface area contributed by atoms with E-state index in [2.05, 4.69) is 20.2 Å². The van der Waals surface area contributed by atoms with Gasteiger partial charge in [-0.25, -0.2) is 4.98 Å². The molecule has 0 spiro atoms. The van der Waals surface area contributed by atoms with E-state index < -0.39 is 5.92 Å². The molecule has 98 valence electrons. The molecule has 0 aliphatic heterocycles. The molecule has 7 heteroatoms. The van der Waals surface area contributed by atoms with E-state index in [0.29, 0.717) is 17.2 Å². The SMILES string of the molecule is CC(F)(F)c1cnc(-c2ccc3[nH]nc(N)c3c2)[nH]1. The summed E-state index contributed by atoms with van der Waals surface area (Å²) in [5.41, 5.74) is 6.95. The Kier molecular flexibility index (Phi) is 2.31. The van der Waals surface area contributed by atoms with E-state index in [1.54, 1.807) is 18.2 Å². The summed E-state index contributed by atoms with van der Waals surface area (Å²) >= 11 is 0. The fourth-order valence-electron chi connectivity index (χ4n) is 1.87. The average molecular weight is 263 g/mol. The highest BCUT2D eigenvalue weighted by molar-refractivity contribution is 5.91. The third kappa shape index (κ3) is 1.92. The van der Waals surface area contributed by atoms with Crippen LogP contribution >= 0.6 is 0 Å². The predicted molar refractivity (Wildman–Crippen MR) is 67.7 cm³/mol. The highest BCUT2D eigenvalue weighted by Crippen LogP contribution is 2.29. The van der Waals surface area contributed by atoms with Gasteiger partial charge in [0, 0.05) is 17.9 Å². The maximum absolute atomic E-state index is 13.1. The Hall–Kier alpha value is -2.44. The second-order valence-electron chi connectivity index (χ2n) is 4.40. The van der Waals surface area contributed by atoms with Gasteiger partial charge in [0.15, 0.2) is 5.82 Å². The van der Waals surface area contributed by atoms with E-state index >= 15 is 0 Å². The van der Waals surface area contributed by atoms with Gasteiger partial charge < -0.3 is 10.7 Å². The molecule has 0 saturated heterocycles. The van der Waals surface area contributed by atoms with Crippen LogP contribution in [0.1, 0.15) is 12.6 Å². The number of aromatic amines is 2. The summed E-state index contributed by atoms with van der Waals surface area (Å²) in [5.74, 6) is -2.20. The summed E-state index contributed by atoms with van der Waals surface area (Å²) in [7, 11) is 0. The normalized spacial score (nSPS) is 12.2. The molecule has 1 aromatic carbocycles. The number of aromatic nitrogens is 4. The second-order valence-corrected chi connectivity index (χ2v) is 4.40. The first-order valence-electron chi connectivity index (χ1n) is 5.62. The van der Waals surface area contributed by atoms with Gasteiger partial charge in [0.25, 0.3) is 5.92 Å². The van der Waals surface area contributed by atoms with Crippen molar-refractivity contribution in [1.82, 2.24) is 20.2 Å². The Morgan fingerprint density at radius 1 is 1.32 bits per heavy atom. The number of benzene rings is 1. The molecule has 2 heterocycles. The number of rotatable bonds is 2. The maximum atomic E-state index is 13.1. The van der Waals surface area contributed by atoms with E-state index in [-0.39, 0.29) is 5.69 Å². The van der Waals surface area contributed by atoms with Crippen LogP contribution in [0.15, 0.2) is 24.4 Å². The van der Waals surface area contributed by atoms with Crippen molar-refractivity contribution in [3.8, 4) is 11.4 Å². The van der Waals surface area contributed by atoms with Crippen LogP contribution in [0.2, 0.25) is 0 Å². The second kappa shape index (κ2) is 3.78. The number of nitrogens with one attached hydrogen (secondary N) is 2. The van der Waals surface area contributed by atoms with Crippen LogP contribution in [0, 0.1) is 0 Å². The molecule has 0 unspecified atom stereocenters. The molecule has 5 nitrogen and oxygen atoms in total. The number of nitrogens with two attached hydrogens (primary N) is 1. The number of H-pyrrole nitrogens is 2. The first-order chi connectivity index (χ1) is 8.95. The molecule has 0 aliphatic rings. The van der Waals surface area contributed by atoms with Crippen molar-refractivity contribution in [2.24, 2.45) is 0 Å². The smallest absolute Gasteiger partial charge is 0.286 e. The topological polar surface area (TPSA) is 83.4 Å². The van der Waals surface area contributed by atoms with Crippen LogP contribution in [-0.4, -0.2) is 20.2 Å². The molecule has 0 bridgehead atoms. The number of fused-ring (bicyclic) bond motifs is 1. The van der Waals surface area contributed by atoms with Crippen LogP contribution in [0.3, 0.4) is 0 Å². The van der Waals surface area contributed by atoms with Crippen LogP contribution in [-0.2, 0) is 5.92 Å². The Labute approximate surface area is 106 Å². The van der Waals surface area contributed by atoms with Crippen molar-refractivity contribution in [2.75, 3.05) is 5.73 Å². The minimum absolute atomic E-state index is 0.220. The largest absolute Gasteiger partial charge is 0.382 e. The van der Waals surface area contributed by atoms with Crippen molar-refractivity contribution < 1.29 is 8.78 Å². The van der Waals surface area contributed by atoms with Crippen LogP contribution in [0.4, 0.5) is 14.6 Å². The number of anilines is 1. The summed E-state index contributed by atoms with van der Waals surface area (Å²) in [4.78, 5) is 6.58. The molecule has 0 aliphatic carbocycles. The Morgan fingerprint density at radius 2 is 2.11 bits per heavy atom. The van der Waals surface area contributed by atoms with Gasteiger partial charge in [-0.15, -0.1) is 0 Å². The van der Waals surface area contributed by atoms with E-state index in [1.807, 2.05) is 0 Å². The third-order valence-corrected chi connectivity index (χ3v) is 2.91. The van der Waals surface area contributed by atoms with Gasteiger partial charge in [0.2, 0.25) is 0 Å². The Balaban J connectivity index is 2.08. The van der Waals surface area contributed by atoms with Crippen LogP contribution in [0.25, 0.3) is 22.3 Å². The zero-order valence-electron chi connectivity index (χ0n) is 10.0. The van der Waals surface area contributed by atoms with Crippen LogP contribution < -0.4 is 5.73 Å². The molecule has 4 N–H and O–H groups in total. The van der Waals surface area contributed by atoms with Gasteiger partial charge >= 0.3 is 0 Å². The molecule has 3 aromatic rings. The lowest BCUT2D eigenvalue weighted by molar-refractivity contribution is 0.0132. The molecule has 0 saturated carbocycles. The Morgan fingerprint density at radius 3 is 2.79 bits per heavy atom. The minimum Gasteiger partial charge on any atom is -0.382 e.